The van der Waals surface area contributed by atoms with Gasteiger partial charge in [0, 0.05) is 4.47 Å². The van der Waals surface area contributed by atoms with Gasteiger partial charge in [0.05, 0.1) is 6.04 Å². The van der Waals surface area contributed by atoms with E-state index in [-0.39, 0.29) is 4.21 Å². The Morgan fingerprint density at radius 2 is 2.36 bits per heavy atom. The maximum atomic E-state index is 11.7. The molecule has 0 aromatic carbocycles. The number of thiophene rings is 1. The fraction of sp³-hybridized carbons (Fsp3) is 0.250. The lowest BCUT2D eigenvalue weighted by Gasteiger charge is -2.07. The molecule has 0 aliphatic carbocycles. The average molecular weight is 294 g/mol. The smallest absolute Gasteiger partial charge is 0.206 e. The van der Waals surface area contributed by atoms with Gasteiger partial charge < -0.3 is 0 Å². The first kappa shape index (κ1) is 11.7. The molecule has 6 heteroatoms. The van der Waals surface area contributed by atoms with Crippen molar-refractivity contribution in [2.45, 2.75) is 17.2 Å². The van der Waals surface area contributed by atoms with Crippen LogP contribution in [0.4, 0.5) is 0 Å². The summed E-state index contributed by atoms with van der Waals surface area (Å²) in [5, 5.41) is 1.69. The summed E-state index contributed by atoms with van der Waals surface area (Å²) in [6, 6.07) is 1.17. The normalized spacial score (nSPS) is 13.5. The minimum absolute atomic E-state index is 0.250. The second-order valence-corrected chi connectivity index (χ2v) is 6.25. The van der Waals surface area contributed by atoms with Crippen molar-refractivity contribution in [3.8, 4) is 12.3 Å². The van der Waals surface area contributed by atoms with Gasteiger partial charge in [-0.3, -0.25) is 0 Å². The Morgan fingerprint density at radius 3 is 2.79 bits per heavy atom. The van der Waals surface area contributed by atoms with Gasteiger partial charge in [0.1, 0.15) is 4.21 Å². The van der Waals surface area contributed by atoms with Gasteiger partial charge in [-0.2, -0.15) is 4.72 Å². The van der Waals surface area contributed by atoms with Crippen LogP contribution in [0.5, 0.6) is 0 Å². The van der Waals surface area contributed by atoms with Crippen LogP contribution in [0, 0.1) is 12.3 Å². The molecule has 1 aromatic rings. The van der Waals surface area contributed by atoms with E-state index in [1.807, 2.05) is 0 Å². The van der Waals surface area contributed by atoms with E-state index in [1.165, 1.54) is 0 Å². The lowest BCUT2D eigenvalue weighted by molar-refractivity contribution is 0.579. The fourth-order valence-electron chi connectivity index (χ4n) is 0.792. The van der Waals surface area contributed by atoms with E-state index in [1.54, 1.807) is 18.4 Å². The number of hydrogen-bond acceptors (Lipinski definition) is 3. The third-order valence-electron chi connectivity index (χ3n) is 1.41. The van der Waals surface area contributed by atoms with Crippen molar-refractivity contribution in [2.24, 2.45) is 0 Å². The first-order valence-electron chi connectivity index (χ1n) is 3.69. The molecule has 0 saturated heterocycles. The van der Waals surface area contributed by atoms with Crippen LogP contribution in [0.1, 0.15) is 6.92 Å². The lowest BCUT2D eigenvalue weighted by Crippen LogP contribution is -2.31. The van der Waals surface area contributed by atoms with Crippen LogP contribution < -0.4 is 4.72 Å². The highest BCUT2D eigenvalue weighted by atomic mass is 79.9. The van der Waals surface area contributed by atoms with Gasteiger partial charge in [-0.25, -0.2) is 8.42 Å². The Labute approximate surface area is 95.7 Å². The largest absolute Gasteiger partial charge is 0.252 e. The average Bonchev–Trinajstić information content (AvgIpc) is 2.51. The Morgan fingerprint density at radius 1 is 1.71 bits per heavy atom. The number of terminal acetylenes is 1. The summed E-state index contributed by atoms with van der Waals surface area (Å²) < 4.78 is 26.5. The Kier molecular flexibility index (Phi) is 3.72. The number of sulfonamides is 1. The minimum atomic E-state index is -3.48. The first-order valence-corrected chi connectivity index (χ1v) is 6.84. The molecule has 1 heterocycles. The number of rotatable bonds is 3. The van der Waals surface area contributed by atoms with Gasteiger partial charge in [0.15, 0.2) is 0 Å². The molecule has 0 aliphatic heterocycles. The van der Waals surface area contributed by atoms with Crippen LogP contribution in [-0.2, 0) is 10.0 Å². The summed E-state index contributed by atoms with van der Waals surface area (Å²) in [5.41, 5.74) is 0. The van der Waals surface area contributed by atoms with Crippen LogP contribution in [-0.4, -0.2) is 14.5 Å². The van der Waals surface area contributed by atoms with Crippen LogP contribution in [0.15, 0.2) is 20.1 Å². The third-order valence-corrected chi connectivity index (χ3v) is 5.62. The second kappa shape index (κ2) is 4.45. The van der Waals surface area contributed by atoms with Gasteiger partial charge >= 0.3 is 0 Å². The van der Waals surface area contributed by atoms with Crippen LogP contribution in [0.3, 0.4) is 0 Å². The highest BCUT2D eigenvalue weighted by Gasteiger charge is 2.20. The number of hydrogen-bond donors (Lipinski definition) is 1. The SMILES string of the molecule is C#CC(C)NS(=O)(=O)c1sccc1Br. The summed E-state index contributed by atoms with van der Waals surface area (Å²) in [7, 11) is -3.48. The van der Waals surface area contributed by atoms with Crippen molar-refractivity contribution in [3.05, 3.63) is 15.9 Å². The Balaban J connectivity index is 3.00. The standard InChI is InChI=1S/C8H8BrNO2S2/c1-3-6(2)10-14(11,12)8-7(9)4-5-13-8/h1,4-6,10H,2H3. The molecule has 3 nitrogen and oxygen atoms in total. The summed E-state index contributed by atoms with van der Waals surface area (Å²) >= 11 is 4.30. The van der Waals surface area contributed by atoms with Crippen molar-refractivity contribution >= 4 is 37.3 Å². The van der Waals surface area contributed by atoms with Gasteiger partial charge in [0.25, 0.3) is 10.0 Å². The van der Waals surface area contributed by atoms with Gasteiger partial charge in [0.2, 0.25) is 0 Å². The van der Waals surface area contributed by atoms with E-state index < -0.39 is 16.1 Å². The van der Waals surface area contributed by atoms with Crippen molar-refractivity contribution in [1.82, 2.24) is 4.72 Å². The first-order chi connectivity index (χ1) is 6.47. The maximum absolute atomic E-state index is 11.7. The predicted molar refractivity (Wildman–Crippen MR) is 60.6 cm³/mol. The topological polar surface area (TPSA) is 46.2 Å². The Hall–Kier alpha value is -0.350. The molecular formula is C8H8BrNO2S2. The molecule has 1 aromatic heterocycles. The third kappa shape index (κ3) is 2.58. The van der Waals surface area contributed by atoms with E-state index in [4.69, 9.17) is 6.42 Å². The zero-order valence-corrected chi connectivity index (χ0v) is 10.5. The molecule has 1 rings (SSSR count). The summed E-state index contributed by atoms with van der Waals surface area (Å²) in [4.78, 5) is 0. The van der Waals surface area contributed by atoms with Crippen LogP contribution in [0.25, 0.3) is 0 Å². The minimum Gasteiger partial charge on any atom is -0.206 e. The van der Waals surface area contributed by atoms with Crippen LogP contribution >= 0.6 is 27.3 Å². The van der Waals surface area contributed by atoms with Crippen molar-refractivity contribution < 1.29 is 8.42 Å². The molecule has 0 bridgehead atoms. The van der Waals surface area contributed by atoms with E-state index in [0.717, 1.165) is 11.3 Å². The monoisotopic (exact) mass is 293 g/mol. The highest BCUT2D eigenvalue weighted by molar-refractivity contribution is 9.10. The van der Waals surface area contributed by atoms with Gasteiger partial charge in [-0.15, -0.1) is 17.8 Å². The van der Waals surface area contributed by atoms with Crippen LogP contribution in [0.2, 0.25) is 0 Å². The molecule has 1 N–H and O–H groups in total. The Bertz CT molecular complexity index is 458. The van der Waals surface area contributed by atoms with E-state index in [0.29, 0.717) is 4.47 Å². The molecular weight excluding hydrogens is 286 g/mol. The zero-order valence-electron chi connectivity index (χ0n) is 7.32. The molecule has 0 aliphatic rings. The fourth-order valence-corrected chi connectivity index (χ4v) is 4.31. The van der Waals surface area contributed by atoms with Crippen molar-refractivity contribution in [2.75, 3.05) is 0 Å². The van der Waals surface area contributed by atoms with Gasteiger partial charge in [-0.05, 0) is 34.3 Å². The molecule has 0 amide bonds. The van der Waals surface area contributed by atoms with Gasteiger partial charge in [-0.1, -0.05) is 5.92 Å². The van der Waals surface area contributed by atoms with E-state index >= 15 is 0 Å². The molecule has 1 atom stereocenters. The second-order valence-electron chi connectivity index (χ2n) is 2.57. The molecule has 1 unspecified atom stereocenters. The zero-order chi connectivity index (χ0) is 10.8. The summed E-state index contributed by atoms with van der Waals surface area (Å²) in [6.07, 6.45) is 5.09. The molecule has 0 spiro atoms. The molecule has 0 radical (unpaired) electrons. The van der Waals surface area contributed by atoms with Crippen molar-refractivity contribution in [3.63, 3.8) is 0 Å². The molecule has 0 saturated carbocycles. The quantitative estimate of drug-likeness (QED) is 0.864. The van der Waals surface area contributed by atoms with Crippen molar-refractivity contribution in [1.29, 1.82) is 0 Å². The highest BCUT2D eigenvalue weighted by Crippen LogP contribution is 2.27. The number of nitrogens with one attached hydrogen (secondary N) is 1. The van der Waals surface area contributed by atoms with E-state index in [2.05, 4.69) is 26.6 Å². The number of halogens is 1. The maximum Gasteiger partial charge on any atom is 0.252 e. The molecule has 0 fully saturated rings. The summed E-state index contributed by atoms with van der Waals surface area (Å²) in [5.74, 6) is 2.30. The lowest BCUT2D eigenvalue weighted by atomic mass is 10.4. The summed E-state index contributed by atoms with van der Waals surface area (Å²) in [6.45, 7) is 1.61. The van der Waals surface area contributed by atoms with E-state index in [9.17, 15) is 8.42 Å². The molecule has 14 heavy (non-hydrogen) atoms. The molecule has 76 valence electrons. The predicted octanol–water partition coefficient (Wildman–Crippen LogP) is 1.81.